The molecular weight excluding hydrogens is 330 g/mol. The van der Waals surface area contributed by atoms with Gasteiger partial charge in [0.2, 0.25) is 5.91 Å². The van der Waals surface area contributed by atoms with Crippen LogP contribution in [0.2, 0.25) is 0 Å². The van der Waals surface area contributed by atoms with Gasteiger partial charge in [-0.2, -0.15) is 0 Å². The fourth-order valence-electron chi connectivity index (χ4n) is 2.66. The van der Waals surface area contributed by atoms with E-state index in [4.69, 9.17) is 4.74 Å². The largest absolute Gasteiger partial charge is 0.496 e. The molecule has 0 radical (unpaired) electrons. The normalized spacial score (nSPS) is 10.3. The number of hydrogen-bond donors (Lipinski definition) is 2. The van der Waals surface area contributed by atoms with E-state index in [1.807, 2.05) is 24.3 Å². The van der Waals surface area contributed by atoms with Gasteiger partial charge in [-0.25, -0.2) is 0 Å². The molecule has 0 saturated carbocycles. The Labute approximate surface area is 151 Å². The molecule has 0 aliphatic carbocycles. The molecular formula is C20H19N3O3. The van der Waals surface area contributed by atoms with Crippen LogP contribution >= 0.6 is 0 Å². The van der Waals surface area contributed by atoms with Crippen molar-refractivity contribution in [3.8, 4) is 5.75 Å². The van der Waals surface area contributed by atoms with Crippen LogP contribution in [-0.2, 0) is 4.79 Å². The fourth-order valence-corrected chi connectivity index (χ4v) is 2.66. The van der Waals surface area contributed by atoms with Gasteiger partial charge in [-0.3, -0.25) is 14.6 Å². The van der Waals surface area contributed by atoms with E-state index in [0.717, 1.165) is 16.5 Å². The topological polar surface area (TPSA) is 80.3 Å². The Bertz CT molecular complexity index is 935. The molecule has 0 aliphatic rings. The van der Waals surface area contributed by atoms with Crippen molar-refractivity contribution >= 4 is 28.3 Å². The number of rotatable bonds is 6. The summed E-state index contributed by atoms with van der Waals surface area (Å²) in [4.78, 5) is 28.5. The lowest BCUT2D eigenvalue weighted by Gasteiger charge is -2.10. The van der Waals surface area contributed by atoms with Crippen LogP contribution in [0.1, 0.15) is 16.8 Å². The van der Waals surface area contributed by atoms with Gasteiger partial charge in [-0.05, 0) is 24.3 Å². The molecule has 1 heterocycles. The molecule has 132 valence electrons. The number of para-hydroxylation sites is 1. The zero-order valence-corrected chi connectivity index (χ0v) is 14.4. The van der Waals surface area contributed by atoms with E-state index in [-0.39, 0.29) is 24.8 Å². The number of hydrogen-bond acceptors (Lipinski definition) is 4. The van der Waals surface area contributed by atoms with Crippen LogP contribution < -0.4 is 15.4 Å². The van der Waals surface area contributed by atoms with E-state index in [9.17, 15) is 9.59 Å². The first kappa shape index (κ1) is 17.4. The third-order valence-electron chi connectivity index (χ3n) is 3.94. The summed E-state index contributed by atoms with van der Waals surface area (Å²) in [5.74, 6) is 0.0555. The third-order valence-corrected chi connectivity index (χ3v) is 3.94. The second-order valence-electron chi connectivity index (χ2n) is 5.66. The van der Waals surface area contributed by atoms with Crippen molar-refractivity contribution < 1.29 is 14.3 Å². The molecule has 2 aromatic carbocycles. The molecule has 1 aromatic heterocycles. The van der Waals surface area contributed by atoms with E-state index in [0.29, 0.717) is 11.3 Å². The molecule has 6 heteroatoms. The minimum Gasteiger partial charge on any atom is -0.496 e. The highest BCUT2D eigenvalue weighted by atomic mass is 16.5. The predicted octanol–water partition coefficient (Wildman–Crippen LogP) is 3.00. The molecule has 3 rings (SSSR count). The average molecular weight is 349 g/mol. The highest BCUT2D eigenvalue weighted by Gasteiger charge is 2.12. The van der Waals surface area contributed by atoms with Crippen LogP contribution in [0.4, 0.5) is 5.69 Å². The van der Waals surface area contributed by atoms with Crippen LogP contribution in [0.5, 0.6) is 5.75 Å². The van der Waals surface area contributed by atoms with Gasteiger partial charge in [-0.15, -0.1) is 0 Å². The van der Waals surface area contributed by atoms with E-state index in [2.05, 4.69) is 15.6 Å². The SMILES string of the molecule is COc1ccccc1C(=O)NCCC(=O)Nc1cccc2cnccc12. The summed E-state index contributed by atoms with van der Waals surface area (Å²) in [6, 6.07) is 14.5. The van der Waals surface area contributed by atoms with Gasteiger partial charge in [0.15, 0.2) is 0 Å². The maximum atomic E-state index is 12.2. The summed E-state index contributed by atoms with van der Waals surface area (Å²) in [5.41, 5.74) is 1.17. The smallest absolute Gasteiger partial charge is 0.255 e. The van der Waals surface area contributed by atoms with Crippen LogP contribution in [0, 0.1) is 0 Å². The number of anilines is 1. The number of nitrogens with zero attached hydrogens (tertiary/aromatic N) is 1. The quantitative estimate of drug-likeness (QED) is 0.717. The number of pyridine rings is 1. The number of carbonyl (C=O) groups excluding carboxylic acids is 2. The van der Waals surface area contributed by atoms with E-state index >= 15 is 0 Å². The Hall–Kier alpha value is -3.41. The second-order valence-corrected chi connectivity index (χ2v) is 5.66. The van der Waals surface area contributed by atoms with Gasteiger partial charge in [-0.1, -0.05) is 24.3 Å². The Morgan fingerprint density at radius 3 is 2.77 bits per heavy atom. The molecule has 2 amide bonds. The van der Waals surface area contributed by atoms with Crippen molar-refractivity contribution in [3.05, 3.63) is 66.5 Å². The first-order valence-corrected chi connectivity index (χ1v) is 8.23. The third kappa shape index (κ3) is 3.97. The molecule has 0 saturated heterocycles. The Morgan fingerprint density at radius 2 is 1.92 bits per heavy atom. The molecule has 3 aromatic rings. The van der Waals surface area contributed by atoms with Crippen molar-refractivity contribution in [1.82, 2.24) is 10.3 Å². The van der Waals surface area contributed by atoms with E-state index in [1.165, 1.54) is 7.11 Å². The van der Waals surface area contributed by atoms with Gasteiger partial charge in [0.05, 0.1) is 12.7 Å². The lowest BCUT2D eigenvalue weighted by molar-refractivity contribution is -0.116. The van der Waals surface area contributed by atoms with Crippen molar-refractivity contribution in [2.75, 3.05) is 19.0 Å². The first-order chi connectivity index (χ1) is 12.7. The molecule has 26 heavy (non-hydrogen) atoms. The second kappa shape index (κ2) is 8.11. The number of fused-ring (bicyclic) bond motifs is 1. The van der Waals surface area contributed by atoms with Crippen LogP contribution in [0.15, 0.2) is 60.9 Å². The number of aromatic nitrogens is 1. The van der Waals surface area contributed by atoms with E-state index < -0.39 is 0 Å². The maximum absolute atomic E-state index is 12.2. The Morgan fingerprint density at radius 1 is 1.08 bits per heavy atom. The number of nitrogens with one attached hydrogen (secondary N) is 2. The molecule has 0 aliphatic heterocycles. The molecule has 6 nitrogen and oxygen atoms in total. The number of ether oxygens (including phenoxy) is 1. The fraction of sp³-hybridized carbons (Fsp3) is 0.150. The predicted molar refractivity (Wildman–Crippen MR) is 100 cm³/mol. The molecule has 0 atom stereocenters. The highest BCUT2D eigenvalue weighted by molar-refractivity contribution is 6.02. The lowest BCUT2D eigenvalue weighted by Crippen LogP contribution is -2.28. The number of carbonyl (C=O) groups is 2. The van der Waals surface area contributed by atoms with Crippen LogP contribution in [0.3, 0.4) is 0 Å². The Kier molecular flexibility index (Phi) is 5.43. The molecule has 0 fully saturated rings. The van der Waals surface area contributed by atoms with E-state index in [1.54, 1.807) is 36.7 Å². The number of methoxy groups -OCH3 is 1. The molecule has 0 spiro atoms. The number of benzene rings is 2. The molecule has 0 unspecified atom stereocenters. The first-order valence-electron chi connectivity index (χ1n) is 8.23. The maximum Gasteiger partial charge on any atom is 0.255 e. The van der Waals surface area contributed by atoms with Gasteiger partial charge < -0.3 is 15.4 Å². The lowest BCUT2D eigenvalue weighted by atomic mass is 10.1. The minimum atomic E-state index is -0.272. The highest BCUT2D eigenvalue weighted by Crippen LogP contribution is 2.22. The summed E-state index contributed by atoms with van der Waals surface area (Å²) in [6.07, 6.45) is 3.60. The van der Waals surface area contributed by atoms with Crippen molar-refractivity contribution in [2.24, 2.45) is 0 Å². The van der Waals surface area contributed by atoms with Crippen molar-refractivity contribution in [2.45, 2.75) is 6.42 Å². The van der Waals surface area contributed by atoms with Crippen LogP contribution in [-0.4, -0.2) is 30.5 Å². The summed E-state index contributed by atoms with van der Waals surface area (Å²) >= 11 is 0. The summed E-state index contributed by atoms with van der Waals surface area (Å²) in [5, 5.41) is 7.49. The monoisotopic (exact) mass is 349 g/mol. The number of amides is 2. The average Bonchev–Trinajstić information content (AvgIpc) is 2.68. The van der Waals surface area contributed by atoms with Gasteiger partial charge in [0, 0.05) is 41.8 Å². The zero-order valence-electron chi connectivity index (χ0n) is 14.4. The standard InChI is InChI=1S/C20H19N3O3/c1-26-18-8-3-2-6-16(18)20(25)22-12-10-19(24)23-17-7-4-5-14-13-21-11-9-15(14)17/h2-9,11,13H,10,12H2,1H3,(H,22,25)(H,23,24). The van der Waals surface area contributed by atoms with Crippen molar-refractivity contribution in [1.29, 1.82) is 0 Å². The molecule has 2 N–H and O–H groups in total. The van der Waals surface area contributed by atoms with Gasteiger partial charge in [0.25, 0.3) is 5.91 Å². The zero-order chi connectivity index (χ0) is 18.4. The van der Waals surface area contributed by atoms with Gasteiger partial charge in [0.1, 0.15) is 5.75 Å². The van der Waals surface area contributed by atoms with Crippen molar-refractivity contribution in [3.63, 3.8) is 0 Å². The summed E-state index contributed by atoms with van der Waals surface area (Å²) < 4.78 is 5.17. The van der Waals surface area contributed by atoms with Gasteiger partial charge >= 0.3 is 0 Å². The summed E-state index contributed by atoms with van der Waals surface area (Å²) in [6.45, 7) is 0.231. The summed E-state index contributed by atoms with van der Waals surface area (Å²) in [7, 11) is 1.51. The Balaban J connectivity index is 1.57. The van der Waals surface area contributed by atoms with Crippen LogP contribution in [0.25, 0.3) is 10.8 Å². The minimum absolute atomic E-state index is 0.169. The molecule has 0 bridgehead atoms.